The van der Waals surface area contributed by atoms with E-state index in [1.165, 1.54) is 0 Å². The minimum absolute atomic E-state index is 0.300. The molecule has 0 fully saturated rings. The van der Waals surface area contributed by atoms with Crippen molar-refractivity contribution in [2.45, 2.75) is 6.92 Å². The highest BCUT2D eigenvalue weighted by atomic mass is 79.9. The van der Waals surface area contributed by atoms with Gasteiger partial charge in [-0.2, -0.15) is 0 Å². The number of benzene rings is 2. The van der Waals surface area contributed by atoms with E-state index in [-0.39, 0.29) is 11.8 Å². The van der Waals surface area contributed by atoms with Crippen molar-refractivity contribution in [2.24, 2.45) is 0 Å². The highest BCUT2D eigenvalue weighted by molar-refractivity contribution is 9.10. The van der Waals surface area contributed by atoms with Gasteiger partial charge in [-0.25, -0.2) is 4.98 Å². The standard InChI is InChI=1S/C20H16BrN3O2/c1-13-10-11-22-18(12-13)24-20(26)15-7-3-5-9-17(15)23-19(25)14-6-2-4-8-16(14)21/h2-12H,1H3,(H,23,25)(H,22,24,26). The van der Waals surface area contributed by atoms with Gasteiger partial charge >= 0.3 is 0 Å². The second-order valence-corrected chi connectivity index (χ2v) is 6.51. The topological polar surface area (TPSA) is 71.1 Å². The largest absolute Gasteiger partial charge is 0.321 e. The lowest BCUT2D eigenvalue weighted by molar-refractivity contribution is 0.102. The quantitative estimate of drug-likeness (QED) is 0.658. The SMILES string of the molecule is Cc1ccnc(NC(=O)c2ccccc2NC(=O)c2ccccc2Br)c1. The molecule has 26 heavy (non-hydrogen) atoms. The van der Waals surface area contributed by atoms with Crippen molar-refractivity contribution in [1.29, 1.82) is 0 Å². The monoisotopic (exact) mass is 409 g/mol. The van der Waals surface area contributed by atoms with E-state index < -0.39 is 0 Å². The summed E-state index contributed by atoms with van der Waals surface area (Å²) in [5, 5.41) is 5.55. The van der Waals surface area contributed by atoms with Gasteiger partial charge in [0, 0.05) is 10.7 Å². The molecule has 2 aromatic carbocycles. The van der Waals surface area contributed by atoms with Crippen LogP contribution in [0.5, 0.6) is 0 Å². The van der Waals surface area contributed by atoms with E-state index in [1.54, 1.807) is 54.7 Å². The van der Waals surface area contributed by atoms with Crippen molar-refractivity contribution in [3.8, 4) is 0 Å². The van der Waals surface area contributed by atoms with Crippen LogP contribution in [0.25, 0.3) is 0 Å². The molecular weight excluding hydrogens is 394 g/mol. The van der Waals surface area contributed by atoms with Gasteiger partial charge in [0.1, 0.15) is 5.82 Å². The number of nitrogens with one attached hydrogen (secondary N) is 2. The zero-order valence-electron chi connectivity index (χ0n) is 14.0. The van der Waals surface area contributed by atoms with Crippen molar-refractivity contribution < 1.29 is 9.59 Å². The predicted octanol–water partition coefficient (Wildman–Crippen LogP) is 4.66. The van der Waals surface area contributed by atoms with E-state index in [1.807, 2.05) is 19.1 Å². The zero-order chi connectivity index (χ0) is 18.5. The van der Waals surface area contributed by atoms with Crippen LogP contribution in [0.2, 0.25) is 0 Å². The third-order valence-electron chi connectivity index (χ3n) is 3.70. The summed E-state index contributed by atoms with van der Waals surface area (Å²) in [7, 11) is 0. The van der Waals surface area contributed by atoms with Crippen molar-refractivity contribution in [3.63, 3.8) is 0 Å². The molecule has 1 heterocycles. The van der Waals surface area contributed by atoms with Gasteiger partial charge < -0.3 is 10.6 Å². The number of amides is 2. The first-order valence-electron chi connectivity index (χ1n) is 7.93. The normalized spacial score (nSPS) is 10.2. The van der Waals surface area contributed by atoms with E-state index >= 15 is 0 Å². The number of anilines is 2. The molecule has 0 radical (unpaired) electrons. The summed E-state index contributed by atoms with van der Waals surface area (Å²) < 4.78 is 0.684. The first-order valence-corrected chi connectivity index (χ1v) is 8.73. The van der Waals surface area contributed by atoms with Crippen LogP contribution in [0.4, 0.5) is 11.5 Å². The number of hydrogen-bond donors (Lipinski definition) is 2. The maximum atomic E-state index is 12.6. The molecule has 1 aromatic heterocycles. The molecule has 6 heteroatoms. The number of halogens is 1. The summed E-state index contributed by atoms with van der Waals surface area (Å²) >= 11 is 3.36. The van der Waals surface area contributed by atoms with E-state index in [4.69, 9.17) is 0 Å². The highest BCUT2D eigenvalue weighted by Gasteiger charge is 2.16. The Balaban J connectivity index is 1.83. The fourth-order valence-electron chi connectivity index (χ4n) is 2.41. The van der Waals surface area contributed by atoms with E-state index in [9.17, 15) is 9.59 Å². The maximum Gasteiger partial charge on any atom is 0.258 e. The Labute approximate surface area is 159 Å². The molecule has 0 spiro atoms. The average molecular weight is 410 g/mol. The molecule has 3 aromatic rings. The van der Waals surface area contributed by atoms with Gasteiger partial charge in [-0.3, -0.25) is 9.59 Å². The molecule has 2 amide bonds. The molecule has 0 aliphatic rings. The smallest absolute Gasteiger partial charge is 0.258 e. The second kappa shape index (κ2) is 7.93. The Kier molecular flexibility index (Phi) is 5.43. The highest BCUT2D eigenvalue weighted by Crippen LogP contribution is 2.21. The second-order valence-electron chi connectivity index (χ2n) is 5.65. The molecule has 130 valence electrons. The van der Waals surface area contributed by atoms with Crippen LogP contribution >= 0.6 is 15.9 Å². The van der Waals surface area contributed by atoms with Crippen LogP contribution < -0.4 is 10.6 Å². The molecule has 3 rings (SSSR count). The Morgan fingerprint density at radius 1 is 0.885 bits per heavy atom. The summed E-state index contributed by atoms with van der Waals surface area (Å²) in [5.41, 5.74) is 2.27. The molecule has 0 saturated carbocycles. The van der Waals surface area contributed by atoms with E-state index in [0.717, 1.165) is 5.56 Å². The number of rotatable bonds is 4. The van der Waals surface area contributed by atoms with Crippen molar-refractivity contribution in [3.05, 3.63) is 88.0 Å². The van der Waals surface area contributed by atoms with Crippen LogP contribution in [0.1, 0.15) is 26.3 Å². The number of hydrogen-bond acceptors (Lipinski definition) is 3. The van der Waals surface area contributed by atoms with E-state index in [0.29, 0.717) is 27.1 Å². The minimum Gasteiger partial charge on any atom is -0.321 e. The van der Waals surface area contributed by atoms with Gasteiger partial charge in [0.05, 0.1) is 16.8 Å². The molecule has 5 nitrogen and oxygen atoms in total. The van der Waals surface area contributed by atoms with Gasteiger partial charge in [0.2, 0.25) is 0 Å². The van der Waals surface area contributed by atoms with Crippen LogP contribution in [0.3, 0.4) is 0 Å². The van der Waals surface area contributed by atoms with Crippen molar-refractivity contribution in [1.82, 2.24) is 4.98 Å². The summed E-state index contributed by atoms with van der Waals surface area (Å²) in [6, 6.07) is 17.6. The first kappa shape index (κ1) is 17.8. The number of pyridine rings is 1. The van der Waals surface area contributed by atoms with E-state index in [2.05, 4.69) is 31.5 Å². The van der Waals surface area contributed by atoms with Crippen LogP contribution in [0, 0.1) is 6.92 Å². The summed E-state index contributed by atoms with van der Waals surface area (Å²) in [4.78, 5) is 29.3. The lowest BCUT2D eigenvalue weighted by atomic mass is 10.1. The molecule has 0 bridgehead atoms. The summed E-state index contributed by atoms with van der Waals surface area (Å²) in [5.74, 6) is -0.181. The lowest BCUT2D eigenvalue weighted by Crippen LogP contribution is -2.19. The maximum absolute atomic E-state index is 12.6. The molecule has 0 aliphatic heterocycles. The van der Waals surface area contributed by atoms with Crippen molar-refractivity contribution in [2.75, 3.05) is 10.6 Å². The molecule has 2 N–H and O–H groups in total. The molecule has 0 unspecified atom stereocenters. The Morgan fingerprint density at radius 2 is 1.54 bits per heavy atom. The third kappa shape index (κ3) is 4.15. The summed E-state index contributed by atoms with van der Waals surface area (Å²) in [6.45, 7) is 1.92. The average Bonchev–Trinajstić information content (AvgIpc) is 2.62. The molecule has 0 aliphatic carbocycles. The lowest BCUT2D eigenvalue weighted by Gasteiger charge is -2.12. The number of aryl methyl sites for hydroxylation is 1. The van der Waals surface area contributed by atoms with Gasteiger partial charge in [-0.15, -0.1) is 0 Å². The minimum atomic E-state index is -0.342. The number of para-hydroxylation sites is 1. The van der Waals surface area contributed by atoms with Crippen molar-refractivity contribution >= 4 is 39.2 Å². The zero-order valence-corrected chi connectivity index (χ0v) is 15.6. The molecular formula is C20H16BrN3O2. The number of aromatic nitrogens is 1. The van der Waals surface area contributed by atoms with Gasteiger partial charge in [-0.05, 0) is 64.8 Å². The van der Waals surface area contributed by atoms with Crippen LogP contribution in [-0.4, -0.2) is 16.8 Å². The Morgan fingerprint density at radius 3 is 2.27 bits per heavy atom. The Bertz CT molecular complexity index is 973. The number of nitrogens with zero attached hydrogens (tertiary/aromatic N) is 1. The number of carbonyl (C=O) groups is 2. The Hall–Kier alpha value is -2.99. The number of carbonyl (C=O) groups excluding carboxylic acids is 2. The van der Waals surface area contributed by atoms with Gasteiger partial charge in [0.25, 0.3) is 11.8 Å². The van der Waals surface area contributed by atoms with Crippen LogP contribution in [-0.2, 0) is 0 Å². The van der Waals surface area contributed by atoms with Gasteiger partial charge in [0.15, 0.2) is 0 Å². The van der Waals surface area contributed by atoms with Gasteiger partial charge in [-0.1, -0.05) is 24.3 Å². The fourth-order valence-corrected chi connectivity index (χ4v) is 2.88. The first-order chi connectivity index (χ1) is 12.5. The summed E-state index contributed by atoms with van der Waals surface area (Å²) in [6.07, 6.45) is 1.63. The van der Waals surface area contributed by atoms with Crippen LogP contribution in [0.15, 0.2) is 71.3 Å². The third-order valence-corrected chi connectivity index (χ3v) is 4.39. The predicted molar refractivity (Wildman–Crippen MR) is 105 cm³/mol. The molecule has 0 atom stereocenters. The fraction of sp³-hybridized carbons (Fsp3) is 0.0500. The molecule has 0 saturated heterocycles.